The van der Waals surface area contributed by atoms with Crippen LogP contribution in [0.3, 0.4) is 0 Å². The van der Waals surface area contributed by atoms with Crippen LogP contribution >= 0.6 is 0 Å². The number of methoxy groups -OCH3 is 1. The molecule has 0 saturated heterocycles. The lowest BCUT2D eigenvalue weighted by atomic mass is 9.81. The van der Waals surface area contributed by atoms with E-state index in [1.807, 2.05) is 19.3 Å². The van der Waals surface area contributed by atoms with E-state index in [1.54, 1.807) is 7.11 Å². The molecule has 0 aliphatic heterocycles. The van der Waals surface area contributed by atoms with Gasteiger partial charge in [-0.1, -0.05) is 25.3 Å². The van der Waals surface area contributed by atoms with Crippen molar-refractivity contribution >= 4 is 0 Å². The summed E-state index contributed by atoms with van der Waals surface area (Å²) in [5.74, 6) is 0.597. The Hall–Kier alpha value is -0.930. The number of nitrogens with two attached hydrogens (primary N) is 1. The molecular weight excluding hydrogens is 224 g/mol. The summed E-state index contributed by atoms with van der Waals surface area (Å²) < 4.78 is 5.69. The molecule has 1 aromatic heterocycles. The molecule has 1 aliphatic carbocycles. The second-order valence-corrected chi connectivity index (χ2v) is 5.42. The quantitative estimate of drug-likeness (QED) is 0.891. The maximum absolute atomic E-state index is 6.38. The van der Waals surface area contributed by atoms with E-state index in [-0.39, 0.29) is 12.1 Å². The first kappa shape index (κ1) is 13.5. The molecule has 3 heteroatoms. The van der Waals surface area contributed by atoms with Crippen LogP contribution in [0.15, 0.2) is 18.5 Å². The summed E-state index contributed by atoms with van der Waals surface area (Å²) in [4.78, 5) is 4.23. The average molecular weight is 248 g/mol. The first-order chi connectivity index (χ1) is 8.72. The van der Waals surface area contributed by atoms with Crippen molar-refractivity contribution in [3.8, 4) is 0 Å². The van der Waals surface area contributed by atoms with Crippen LogP contribution in [-0.4, -0.2) is 18.2 Å². The average Bonchev–Trinajstić information content (AvgIpc) is 2.41. The van der Waals surface area contributed by atoms with Gasteiger partial charge in [-0.25, -0.2) is 0 Å². The van der Waals surface area contributed by atoms with Crippen molar-refractivity contribution in [1.29, 1.82) is 0 Å². The van der Waals surface area contributed by atoms with Crippen molar-refractivity contribution in [3.63, 3.8) is 0 Å². The molecule has 18 heavy (non-hydrogen) atoms. The summed E-state index contributed by atoms with van der Waals surface area (Å²) in [6, 6.07) is 2.05. The number of rotatable bonds is 4. The van der Waals surface area contributed by atoms with Crippen molar-refractivity contribution in [1.82, 2.24) is 4.98 Å². The first-order valence-electron chi connectivity index (χ1n) is 6.92. The van der Waals surface area contributed by atoms with Gasteiger partial charge in [-0.2, -0.15) is 0 Å². The van der Waals surface area contributed by atoms with Gasteiger partial charge in [0.15, 0.2) is 0 Å². The monoisotopic (exact) mass is 248 g/mol. The van der Waals surface area contributed by atoms with Gasteiger partial charge in [0.2, 0.25) is 0 Å². The summed E-state index contributed by atoms with van der Waals surface area (Å²) >= 11 is 0. The van der Waals surface area contributed by atoms with E-state index < -0.39 is 0 Å². The standard InChI is InChI=1S/C15H24N2O/c1-11-8-13(10-17-9-11)14(16)15(18-2)12-6-4-3-5-7-12/h8-10,12,14-15H,3-7,16H2,1-2H3. The molecule has 2 N–H and O–H groups in total. The third-order valence-corrected chi connectivity index (χ3v) is 4.02. The Kier molecular flexibility index (Phi) is 4.72. The fraction of sp³-hybridized carbons (Fsp3) is 0.667. The highest BCUT2D eigenvalue weighted by Gasteiger charge is 2.29. The van der Waals surface area contributed by atoms with E-state index in [0.29, 0.717) is 5.92 Å². The SMILES string of the molecule is COC(C1CCCCC1)C(N)c1cncc(C)c1. The van der Waals surface area contributed by atoms with Crippen LogP contribution in [0, 0.1) is 12.8 Å². The lowest BCUT2D eigenvalue weighted by Crippen LogP contribution is -2.36. The molecule has 0 aromatic carbocycles. The minimum Gasteiger partial charge on any atom is -0.379 e. The Morgan fingerprint density at radius 1 is 1.28 bits per heavy atom. The highest BCUT2D eigenvalue weighted by Crippen LogP contribution is 2.32. The minimum absolute atomic E-state index is 0.0644. The van der Waals surface area contributed by atoms with Crippen LogP contribution in [0.1, 0.15) is 49.3 Å². The van der Waals surface area contributed by atoms with Crippen molar-refractivity contribution < 1.29 is 4.74 Å². The molecule has 3 nitrogen and oxygen atoms in total. The maximum atomic E-state index is 6.38. The molecule has 0 radical (unpaired) electrons. The Morgan fingerprint density at radius 2 is 2.00 bits per heavy atom. The van der Waals surface area contributed by atoms with Crippen molar-refractivity contribution in [3.05, 3.63) is 29.6 Å². The third-order valence-electron chi connectivity index (χ3n) is 4.02. The van der Waals surface area contributed by atoms with Gasteiger partial charge in [-0.15, -0.1) is 0 Å². The number of nitrogens with zero attached hydrogens (tertiary/aromatic N) is 1. The topological polar surface area (TPSA) is 48.1 Å². The molecule has 0 bridgehead atoms. The second-order valence-electron chi connectivity index (χ2n) is 5.42. The predicted octanol–water partition coefficient (Wildman–Crippen LogP) is 2.99. The lowest BCUT2D eigenvalue weighted by Gasteiger charge is -2.33. The fourth-order valence-electron chi connectivity index (χ4n) is 3.05. The summed E-state index contributed by atoms with van der Waals surface area (Å²) in [7, 11) is 1.78. The van der Waals surface area contributed by atoms with Crippen molar-refractivity contribution in [2.24, 2.45) is 11.7 Å². The van der Waals surface area contributed by atoms with Gasteiger partial charge in [-0.3, -0.25) is 4.98 Å². The molecule has 2 unspecified atom stereocenters. The third kappa shape index (κ3) is 3.09. The van der Waals surface area contributed by atoms with Crippen molar-refractivity contribution in [2.45, 2.75) is 51.2 Å². The molecule has 2 rings (SSSR count). The highest BCUT2D eigenvalue weighted by molar-refractivity contribution is 5.21. The summed E-state index contributed by atoms with van der Waals surface area (Å²) in [6.07, 6.45) is 10.3. The molecule has 1 heterocycles. The predicted molar refractivity (Wildman–Crippen MR) is 73.3 cm³/mol. The van der Waals surface area contributed by atoms with Gasteiger partial charge in [0.1, 0.15) is 0 Å². The number of aryl methyl sites for hydroxylation is 1. The van der Waals surface area contributed by atoms with E-state index in [9.17, 15) is 0 Å². The van der Waals surface area contributed by atoms with E-state index >= 15 is 0 Å². The molecule has 100 valence electrons. The zero-order valence-corrected chi connectivity index (χ0v) is 11.4. The van der Waals surface area contributed by atoms with Gasteiger partial charge >= 0.3 is 0 Å². The Labute approximate surface area is 110 Å². The zero-order valence-electron chi connectivity index (χ0n) is 11.4. The van der Waals surface area contributed by atoms with E-state index in [1.165, 1.54) is 32.1 Å². The second kappa shape index (κ2) is 6.30. The summed E-state index contributed by atoms with van der Waals surface area (Å²) in [6.45, 7) is 2.05. The maximum Gasteiger partial charge on any atom is 0.0792 e. The van der Waals surface area contributed by atoms with Crippen LogP contribution in [-0.2, 0) is 4.74 Å². The molecule has 1 aromatic rings. The summed E-state index contributed by atoms with van der Waals surface area (Å²) in [5, 5.41) is 0. The Bertz CT molecular complexity index is 375. The van der Waals surface area contributed by atoms with Crippen LogP contribution < -0.4 is 5.73 Å². The molecule has 1 fully saturated rings. The smallest absolute Gasteiger partial charge is 0.0792 e. The van der Waals surface area contributed by atoms with Crippen LogP contribution in [0.4, 0.5) is 0 Å². The lowest BCUT2D eigenvalue weighted by molar-refractivity contribution is 0.0172. The first-order valence-corrected chi connectivity index (χ1v) is 6.92. The number of hydrogen-bond acceptors (Lipinski definition) is 3. The summed E-state index contributed by atoms with van der Waals surface area (Å²) in [5.41, 5.74) is 8.63. The van der Waals surface area contributed by atoms with Crippen LogP contribution in [0.5, 0.6) is 0 Å². The molecule has 1 saturated carbocycles. The molecule has 1 aliphatic rings. The van der Waals surface area contributed by atoms with E-state index in [4.69, 9.17) is 10.5 Å². The molecular formula is C15H24N2O. The minimum atomic E-state index is -0.0644. The van der Waals surface area contributed by atoms with Crippen LogP contribution in [0.2, 0.25) is 0 Å². The number of ether oxygens (including phenoxy) is 1. The highest BCUT2D eigenvalue weighted by atomic mass is 16.5. The van der Waals surface area contributed by atoms with Gasteiger partial charge < -0.3 is 10.5 Å². The van der Waals surface area contributed by atoms with Gasteiger partial charge in [0, 0.05) is 19.5 Å². The largest absolute Gasteiger partial charge is 0.379 e. The number of hydrogen-bond donors (Lipinski definition) is 1. The van der Waals surface area contributed by atoms with E-state index in [2.05, 4.69) is 11.1 Å². The van der Waals surface area contributed by atoms with E-state index in [0.717, 1.165) is 11.1 Å². The molecule has 0 amide bonds. The number of aromatic nitrogens is 1. The number of pyridine rings is 1. The zero-order chi connectivity index (χ0) is 13.0. The Balaban J connectivity index is 2.11. The van der Waals surface area contributed by atoms with Gasteiger partial charge in [0.25, 0.3) is 0 Å². The van der Waals surface area contributed by atoms with Crippen LogP contribution in [0.25, 0.3) is 0 Å². The van der Waals surface area contributed by atoms with Gasteiger partial charge in [0.05, 0.1) is 12.1 Å². The van der Waals surface area contributed by atoms with Crippen molar-refractivity contribution in [2.75, 3.05) is 7.11 Å². The fourth-order valence-corrected chi connectivity index (χ4v) is 3.05. The van der Waals surface area contributed by atoms with Gasteiger partial charge in [-0.05, 0) is 36.8 Å². The Morgan fingerprint density at radius 3 is 2.61 bits per heavy atom. The molecule has 2 atom stereocenters. The normalized spacial score (nSPS) is 20.6. The molecule has 0 spiro atoms.